The number of carbonyl (C=O) groups excluding carboxylic acids is 1. The zero-order valence-electron chi connectivity index (χ0n) is 21.4. The number of hydrazine groups is 1. The van der Waals surface area contributed by atoms with Crippen LogP contribution in [0.5, 0.6) is 0 Å². The van der Waals surface area contributed by atoms with Crippen LogP contribution in [0.25, 0.3) is 0 Å². The molecule has 6 heteroatoms. The van der Waals surface area contributed by atoms with Crippen LogP contribution in [0, 0.1) is 12.8 Å². The van der Waals surface area contributed by atoms with Crippen LogP contribution in [-0.4, -0.2) is 40.6 Å². The Morgan fingerprint density at radius 2 is 1.73 bits per heavy atom. The van der Waals surface area contributed by atoms with Gasteiger partial charge in [-0.1, -0.05) is 78.9 Å². The summed E-state index contributed by atoms with van der Waals surface area (Å²) in [5, 5.41) is 2.34. The first kappa shape index (κ1) is 24.8. The van der Waals surface area contributed by atoms with Crippen LogP contribution >= 0.6 is 0 Å². The van der Waals surface area contributed by atoms with Crippen LogP contribution in [0.15, 0.2) is 91.3 Å². The molecule has 3 unspecified atom stereocenters. The van der Waals surface area contributed by atoms with Crippen molar-refractivity contribution in [3.8, 4) is 0 Å². The molecule has 0 amide bonds. The van der Waals surface area contributed by atoms with Crippen molar-refractivity contribution in [1.29, 1.82) is 0 Å². The normalized spacial score (nSPS) is 18.3. The van der Waals surface area contributed by atoms with Gasteiger partial charge in [0.1, 0.15) is 0 Å². The van der Waals surface area contributed by atoms with E-state index in [9.17, 15) is 4.79 Å². The molecule has 0 radical (unpaired) electrons. The van der Waals surface area contributed by atoms with Crippen molar-refractivity contribution < 1.29 is 9.53 Å². The molecule has 3 aromatic carbocycles. The third-order valence-electron chi connectivity index (χ3n) is 7.50. The minimum atomic E-state index is -0.411. The number of H-pyrrole nitrogens is 1. The summed E-state index contributed by atoms with van der Waals surface area (Å²) in [5.74, 6) is -0.652. The summed E-state index contributed by atoms with van der Waals surface area (Å²) in [6, 6.07) is 29.0. The molecule has 0 fully saturated rings. The number of hydrogen-bond donors (Lipinski definition) is 2. The molecule has 2 heterocycles. The van der Waals surface area contributed by atoms with Gasteiger partial charge in [-0.25, -0.2) is 9.99 Å². The van der Waals surface area contributed by atoms with E-state index < -0.39 is 5.92 Å². The number of hydrogen-bond acceptors (Lipinski definition) is 5. The van der Waals surface area contributed by atoms with E-state index in [1.165, 1.54) is 18.2 Å². The van der Waals surface area contributed by atoms with Crippen molar-refractivity contribution in [2.75, 3.05) is 19.1 Å². The van der Waals surface area contributed by atoms with Crippen molar-refractivity contribution in [3.63, 3.8) is 0 Å². The van der Waals surface area contributed by atoms with Crippen LogP contribution in [-0.2, 0) is 28.8 Å². The smallest absolute Gasteiger partial charge is 0.313 e. The minimum Gasteiger partial charge on any atom is -0.469 e. The second-order valence-electron chi connectivity index (χ2n) is 9.72. The largest absolute Gasteiger partial charge is 0.469 e. The lowest BCUT2D eigenvalue weighted by atomic mass is 9.76. The molecule has 1 aliphatic heterocycles. The number of nitrogens with one attached hydrogen (secondary N) is 2. The van der Waals surface area contributed by atoms with Crippen molar-refractivity contribution >= 4 is 11.7 Å². The van der Waals surface area contributed by atoms with Gasteiger partial charge in [-0.15, -0.1) is 0 Å². The Hall–Kier alpha value is -3.90. The molecule has 3 atom stereocenters. The number of anilines is 1. The van der Waals surface area contributed by atoms with E-state index in [1.807, 2.05) is 43.3 Å². The molecule has 5 rings (SSSR count). The number of ether oxygens (including phenoxy) is 1. The second kappa shape index (κ2) is 11.4. The number of rotatable bonds is 8. The maximum absolute atomic E-state index is 13.5. The number of methoxy groups -OCH3 is 1. The highest BCUT2D eigenvalue weighted by molar-refractivity contribution is 5.79. The van der Waals surface area contributed by atoms with Gasteiger partial charge in [0, 0.05) is 24.7 Å². The topological polar surface area (TPSA) is 70.2 Å². The Balaban J connectivity index is 1.60. The molecule has 2 N–H and O–H groups in total. The SMILES string of the molecule is COC(=O)C(c1ccccc1)C1Cc2ccccc2NN(CCc2ccccc2)C1Cc1[nH]cnc1C. The Bertz CT molecular complexity index is 1310. The monoisotopic (exact) mass is 494 g/mol. The van der Waals surface area contributed by atoms with Crippen molar-refractivity contribution in [2.24, 2.45) is 5.92 Å². The lowest BCUT2D eigenvalue weighted by Crippen LogP contribution is -2.48. The van der Waals surface area contributed by atoms with E-state index in [4.69, 9.17) is 4.74 Å². The minimum absolute atomic E-state index is 0.000400. The third kappa shape index (κ3) is 5.59. The Labute approximate surface area is 218 Å². The van der Waals surface area contributed by atoms with Gasteiger partial charge in [0.15, 0.2) is 0 Å². The van der Waals surface area contributed by atoms with E-state index in [1.54, 1.807) is 6.33 Å². The number of carbonyl (C=O) groups is 1. The van der Waals surface area contributed by atoms with Crippen molar-refractivity contribution in [3.05, 3.63) is 119 Å². The van der Waals surface area contributed by atoms with E-state index >= 15 is 0 Å². The fourth-order valence-electron chi connectivity index (χ4n) is 5.53. The fourth-order valence-corrected chi connectivity index (χ4v) is 5.53. The molecule has 4 aromatic rings. The summed E-state index contributed by atoms with van der Waals surface area (Å²) in [6.07, 6.45) is 4.11. The molecule has 0 spiro atoms. The summed E-state index contributed by atoms with van der Waals surface area (Å²) >= 11 is 0. The first-order chi connectivity index (χ1) is 18.1. The van der Waals surface area contributed by atoms with Gasteiger partial charge in [0.05, 0.1) is 30.7 Å². The van der Waals surface area contributed by atoms with Gasteiger partial charge in [0.25, 0.3) is 0 Å². The summed E-state index contributed by atoms with van der Waals surface area (Å²) < 4.78 is 5.42. The van der Waals surface area contributed by atoms with Crippen LogP contribution in [0.1, 0.15) is 34.0 Å². The van der Waals surface area contributed by atoms with Gasteiger partial charge in [-0.05, 0) is 48.4 Å². The highest BCUT2D eigenvalue weighted by Gasteiger charge is 2.41. The van der Waals surface area contributed by atoms with Gasteiger partial charge in [0.2, 0.25) is 0 Å². The average Bonchev–Trinajstić information content (AvgIpc) is 3.28. The summed E-state index contributed by atoms with van der Waals surface area (Å²) in [7, 11) is 1.49. The van der Waals surface area contributed by atoms with E-state index in [0.717, 1.165) is 48.4 Å². The molecule has 1 aromatic heterocycles. The molecular formula is C31H34N4O2. The number of fused-ring (bicyclic) bond motifs is 1. The predicted octanol–water partition coefficient (Wildman–Crippen LogP) is 5.33. The highest BCUT2D eigenvalue weighted by Crippen LogP contribution is 2.39. The number of para-hydroxylation sites is 1. The summed E-state index contributed by atoms with van der Waals surface area (Å²) in [4.78, 5) is 21.3. The van der Waals surface area contributed by atoms with Crippen LogP contribution in [0.2, 0.25) is 0 Å². The second-order valence-corrected chi connectivity index (χ2v) is 9.72. The zero-order valence-corrected chi connectivity index (χ0v) is 21.4. The Morgan fingerprint density at radius 3 is 2.43 bits per heavy atom. The van der Waals surface area contributed by atoms with E-state index in [0.29, 0.717) is 0 Å². The standard InChI is InChI=1S/C31H34N4O2/c1-22-28(33-21-32-22)20-29-26(30(31(36)37-2)24-13-7-4-8-14-24)19-25-15-9-10-16-27(25)34-35(29)18-17-23-11-5-3-6-12-23/h3-16,21,26,29-30,34H,17-20H2,1-2H3,(H,32,33). The molecule has 6 nitrogen and oxygen atoms in total. The predicted molar refractivity (Wildman–Crippen MR) is 146 cm³/mol. The quantitative estimate of drug-likeness (QED) is 0.324. The van der Waals surface area contributed by atoms with Crippen LogP contribution in [0.3, 0.4) is 0 Å². The van der Waals surface area contributed by atoms with Crippen molar-refractivity contribution in [1.82, 2.24) is 15.0 Å². The van der Waals surface area contributed by atoms with E-state index in [2.05, 4.69) is 68.9 Å². The number of esters is 1. The van der Waals surface area contributed by atoms with Gasteiger partial charge in [-0.2, -0.15) is 0 Å². The van der Waals surface area contributed by atoms with E-state index in [-0.39, 0.29) is 17.9 Å². The molecular weight excluding hydrogens is 460 g/mol. The van der Waals surface area contributed by atoms with Crippen LogP contribution < -0.4 is 5.43 Å². The molecule has 0 saturated carbocycles. The first-order valence-electron chi connectivity index (χ1n) is 12.9. The molecule has 37 heavy (non-hydrogen) atoms. The molecule has 190 valence electrons. The number of aromatic amines is 1. The summed E-state index contributed by atoms with van der Waals surface area (Å²) in [6.45, 7) is 2.82. The van der Waals surface area contributed by atoms with Gasteiger partial charge < -0.3 is 15.1 Å². The molecule has 0 bridgehead atoms. The Kier molecular flexibility index (Phi) is 7.66. The van der Waals surface area contributed by atoms with Crippen LogP contribution in [0.4, 0.5) is 5.69 Å². The fraction of sp³-hybridized carbons (Fsp3) is 0.290. The Morgan fingerprint density at radius 1 is 1.03 bits per heavy atom. The molecule has 0 saturated heterocycles. The van der Waals surface area contributed by atoms with Crippen molar-refractivity contribution in [2.45, 2.75) is 38.1 Å². The number of aryl methyl sites for hydroxylation is 1. The highest BCUT2D eigenvalue weighted by atomic mass is 16.5. The number of aromatic nitrogens is 2. The number of benzene rings is 3. The average molecular weight is 495 g/mol. The first-order valence-corrected chi connectivity index (χ1v) is 12.9. The maximum atomic E-state index is 13.5. The molecule has 1 aliphatic rings. The number of imidazole rings is 1. The molecule has 0 aliphatic carbocycles. The lowest BCUT2D eigenvalue weighted by molar-refractivity contribution is -0.144. The maximum Gasteiger partial charge on any atom is 0.313 e. The third-order valence-corrected chi connectivity index (χ3v) is 7.50. The van der Waals surface area contributed by atoms with Gasteiger partial charge in [-0.3, -0.25) is 4.79 Å². The zero-order chi connectivity index (χ0) is 25.6. The lowest BCUT2D eigenvalue weighted by Gasteiger charge is -2.38. The van der Waals surface area contributed by atoms with Gasteiger partial charge >= 0.3 is 5.97 Å². The summed E-state index contributed by atoms with van der Waals surface area (Å²) in [5.41, 5.74) is 10.4. The number of nitrogens with zero attached hydrogens (tertiary/aromatic N) is 2.